The number of para-hydroxylation sites is 1. The van der Waals surface area contributed by atoms with E-state index in [-0.39, 0.29) is 5.91 Å². The molecule has 1 aromatic rings. The van der Waals surface area contributed by atoms with E-state index < -0.39 is 6.10 Å². The largest absolute Gasteiger partial charge is 0.389 e. The van der Waals surface area contributed by atoms with Crippen LogP contribution in [0.25, 0.3) is 0 Å². The van der Waals surface area contributed by atoms with Gasteiger partial charge in [-0.05, 0) is 13.0 Å². The van der Waals surface area contributed by atoms with E-state index in [0.717, 1.165) is 5.56 Å². The lowest BCUT2D eigenvalue weighted by atomic mass is 10.1. The zero-order chi connectivity index (χ0) is 13.5. The van der Waals surface area contributed by atoms with Crippen LogP contribution in [0.1, 0.15) is 38.9 Å². The third-order valence-corrected chi connectivity index (χ3v) is 2.59. The van der Waals surface area contributed by atoms with Gasteiger partial charge in [0.1, 0.15) is 0 Å². The highest BCUT2D eigenvalue weighted by molar-refractivity contribution is 5.91. The second kappa shape index (κ2) is 7.13. The molecule has 1 rings (SSSR count). The van der Waals surface area contributed by atoms with Crippen molar-refractivity contribution in [3.8, 4) is 0 Å². The lowest BCUT2D eigenvalue weighted by Gasteiger charge is -2.13. The van der Waals surface area contributed by atoms with Gasteiger partial charge in [0, 0.05) is 30.3 Å². The highest BCUT2D eigenvalue weighted by atomic mass is 16.3. The van der Waals surface area contributed by atoms with Crippen molar-refractivity contribution in [2.75, 3.05) is 11.9 Å². The molecule has 4 heteroatoms. The summed E-state index contributed by atoms with van der Waals surface area (Å²) in [5.74, 6) is -0.0451. The second-order valence-electron chi connectivity index (χ2n) is 4.67. The first-order valence-corrected chi connectivity index (χ1v) is 6.31. The lowest BCUT2D eigenvalue weighted by Crippen LogP contribution is -2.27. The van der Waals surface area contributed by atoms with Crippen molar-refractivity contribution in [1.82, 2.24) is 5.32 Å². The molecule has 1 amide bonds. The van der Waals surface area contributed by atoms with Crippen LogP contribution in [-0.4, -0.2) is 23.6 Å². The first kappa shape index (κ1) is 14.7. The van der Waals surface area contributed by atoms with Gasteiger partial charge in [0.15, 0.2) is 0 Å². The Morgan fingerprint density at radius 2 is 1.94 bits per heavy atom. The van der Waals surface area contributed by atoms with Gasteiger partial charge in [0.25, 0.3) is 0 Å². The number of aliphatic hydroxyl groups excluding tert-OH is 1. The van der Waals surface area contributed by atoms with Crippen molar-refractivity contribution < 1.29 is 9.90 Å². The van der Waals surface area contributed by atoms with Crippen molar-refractivity contribution in [2.45, 2.75) is 39.3 Å². The van der Waals surface area contributed by atoms with Crippen molar-refractivity contribution in [3.63, 3.8) is 0 Å². The Morgan fingerprint density at radius 3 is 2.56 bits per heavy atom. The van der Waals surface area contributed by atoms with E-state index in [1.807, 2.05) is 32.0 Å². The molecule has 0 radical (unpaired) electrons. The summed E-state index contributed by atoms with van der Waals surface area (Å²) < 4.78 is 0. The third-order valence-electron chi connectivity index (χ3n) is 2.59. The fourth-order valence-electron chi connectivity index (χ4n) is 1.66. The Morgan fingerprint density at radius 1 is 1.28 bits per heavy atom. The van der Waals surface area contributed by atoms with Gasteiger partial charge in [-0.3, -0.25) is 4.79 Å². The zero-order valence-corrected chi connectivity index (χ0v) is 11.2. The molecule has 0 bridgehead atoms. The first-order chi connectivity index (χ1) is 8.50. The van der Waals surface area contributed by atoms with Crippen LogP contribution in [-0.2, 0) is 4.79 Å². The Labute approximate surface area is 108 Å². The number of anilines is 1. The third kappa shape index (κ3) is 4.85. The van der Waals surface area contributed by atoms with Crippen molar-refractivity contribution in [1.29, 1.82) is 0 Å². The summed E-state index contributed by atoms with van der Waals surface area (Å²) in [5, 5.41) is 15.6. The van der Waals surface area contributed by atoms with E-state index >= 15 is 0 Å². The number of carbonyl (C=O) groups is 1. The number of amides is 1. The minimum Gasteiger partial charge on any atom is -0.389 e. The first-order valence-electron chi connectivity index (χ1n) is 6.31. The predicted octanol–water partition coefficient (Wildman–Crippen LogP) is 2.07. The van der Waals surface area contributed by atoms with Crippen LogP contribution < -0.4 is 10.6 Å². The summed E-state index contributed by atoms with van der Waals surface area (Å²) >= 11 is 0. The molecule has 0 saturated heterocycles. The highest BCUT2D eigenvalue weighted by Crippen LogP contribution is 2.22. The van der Waals surface area contributed by atoms with Crippen LogP contribution in [0, 0.1) is 0 Å². The molecule has 18 heavy (non-hydrogen) atoms. The number of benzene rings is 1. The normalized spacial score (nSPS) is 12.5. The van der Waals surface area contributed by atoms with Crippen LogP contribution in [0.3, 0.4) is 0 Å². The molecule has 1 unspecified atom stereocenters. The van der Waals surface area contributed by atoms with E-state index in [2.05, 4.69) is 10.6 Å². The van der Waals surface area contributed by atoms with Crippen molar-refractivity contribution in [3.05, 3.63) is 29.8 Å². The maximum Gasteiger partial charge on any atom is 0.225 e. The molecule has 0 aliphatic rings. The summed E-state index contributed by atoms with van der Waals surface area (Å²) in [7, 11) is 0. The zero-order valence-electron chi connectivity index (χ0n) is 11.2. The maximum absolute atomic E-state index is 11.7. The van der Waals surface area contributed by atoms with Gasteiger partial charge in [0.05, 0.1) is 6.10 Å². The average Bonchev–Trinajstić information content (AvgIpc) is 2.28. The minimum absolute atomic E-state index is 0.0451. The fraction of sp³-hybridized carbons (Fsp3) is 0.500. The van der Waals surface area contributed by atoms with Gasteiger partial charge in [-0.2, -0.15) is 0 Å². The van der Waals surface area contributed by atoms with Crippen LogP contribution in [0.4, 0.5) is 5.69 Å². The molecule has 0 aliphatic carbocycles. The molecule has 3 N–H and O–H groups in total. The number of rotatable bonds is 6. The molecule has 100 valence electrons. The van der Waals surface area contributed by atoms with E-state index in [1.165, 1.54) is 0 Å². The van der Waals surface area contributed by atoms with Crippen LogP contribution >= 0.6 is 0 Å². The lowest BCUT2D eigenvalue weighted by molar-refractivity contribution is -0.116. The average molecular weight is 250 g/mol. The topological polar surface area (TPSA) is 61.4 Å². The molecule has 1 atom stereocenters. The second-order valence-corrected chi connectivity index (χ2v) is 4.67. The smallest absolute Gasteiger partial charge is 0.225 e. The number of hydrogen-bond acceptors (Lipinski definition) is 3. The SMILES string of the molecule is CC(C)NCCC(=O)Nc1ccccc1C(C)O. The van der Waals surface area contributed by atoms with E-state index in [4.69, 9.17) is 0 Å². The molecule has 4 nitrogen and oxygen atoms in total. The highest BCUT2D eigenvalue weighted by Gasteiger charge is 2.09. The Kier molecular flexibility index (Phi) is 5.82. The molecule has 1 aromatic carbocycles. The standard InChI is InChI=1S/C14H22N2O2/c1-10(2)15-9-8-14(18)16-13-7-5-4-6-12(13)11(3)17/h4-7,10-11,15,17H,8-9H2,1-3H3,(H,16,18). The summed E-state index contributed by atoms with van der Waals surface area (Å²) in [6.45, 7) is 6.42. The van der Waals surface area contributed by atoms with Crippen LogP contribution in [0.5, 0.6) is 0 Å². The quantitative estimate of drug-likeness (QED) is 0.724. The number of nitrogens with one attached hydrogen (secondary N) is 2. The molecule has 0 heterocycles. The summed E-state index contributed by atoms with van der Waals surface area (Å²) in [4.78, 5) is 11.7. The van der Waals surface area contributed by atoms with Gasteiger partial charge in [-0.25, -0.2) is 0 Å². The molecule has 0 aromatic heterocycles. The molecular weight excluding hydrogens is 228 g/mol. The van der Waals surface area contributed by atoms with Gasteiger partial charge in [0.2, 0.25) is 5.91 Å². The predicted molar refractivity (Wildman–Crippen MR) is 73.5 cm³/mol. The monoisotopic (exact) mass is 250 g/mol. The Balaban J connectivity index is 2.54. The number of aliphatic hydroxyl groups is 1. The summed E-state index contributed by atoms with van der Waals surface area (Å²) in [5.41, 5.74) is 1.42. The van der Waals surface area contributed by atoms with Gasteiger partial charge in [-0.15, -0.1) is 0 Å². The molecular formula is C14H22N2O2. The number of carbonyl (C=O) groups excluding carboxylic acids is 1. The fourth-order valence-corrected chi connectivity index (χ4v) is 1.66. The molecule has 0 saturated carbocycles. The Bertz CT molecular complexity index is 389. The molecule has 0 aliphatic heterocycles. The van der Waals surface area contributed by atoms with Gasteiger partial charge >= 0.3 is 0 Å². The van der Waals surface area contributed by atoms with Gasteiger partial charge in [-0.1, -0.05) is 32.0 Å². The number of hydrogen-bond donors (Lipinski definition) is 3. The maximum atomic E-state index is 11.7. The minimum atomic E-state index is -0.588. The van der Waals surface area contributed by atoms with Crippen molar-refractivity contribution >= 4 is 11.6 Å². The van der Waals surface area contributed by atoms with Crippen molar-refractivity contribution in [2.24, 2.45) is 0 Å². The molecule has 0 fully saturated rings. The Hall–Kier alpha value is -1.39. The van der Waals surface area contributed by atoms with E-state index in [9.17, 15) is 9.90 Å². The summed E-state index contributed by atoms with van der Waals surface area (Å²) in [6.07, 6.45) is -0.165. The van der Waals surface area contributed by atoms with Crippen LogP contribution in [0.15, 0.2) is 24.3 Å². The van der Waals surface area contributed by atoms with Crippen LogP contribution in [0.2, 0.25) is 0 Å². The van der Waals surface area contributed by atoms with E-state index in [0.29, 0.717) is 24.7 Å². The summed E-state index contributed by atoms with van der Waals surface area (Å²) in [6, 6.07) is 7.68. The molecule has 0 spiro atoms. The van der Waals surface area contributed by atoms with Gasteiger partial charge < -0.3 is 15.7 Å². The van der Waals surface area contributed by atoms with E-state index in [1.54, 1.807) is 13.0 Å².